The molecular formula is C8H6N2O3. The van der Waals surface area contributed by atoms with Crippen LogP contribution in [-0.4, -0.2) is 21.2 Å². The van der Waals surface area contributed by atoms with Crippen LogP contribution in [0.3, 0.4) is 0 Å². The number of hydrogen-bond donors (Lipinski definition) is 2. The summed E-state index contributed by atoms with van der Waals surface area (Å²) in [6, 6.07) is 3.45. The summed E-state index contributed by atoms with van der Waals surface area (Å²) < 4.78 is 4.51. The average Bonchev–Trinajstić information content (AvgIpc) is 2.48. The fraction of sp³-hybridized carbons (Fsp3) is 0. The quantitative estimate of drug-likeness (QED) is 0.650. The fourth-order valence-corrected chi connectivity index (χ4v) is 1.11. The van der Waals surface area contributed by atoms with Crippen LogP contribution in [0.4, 0.5) is 4.79 Å². The Kier molecular flexibility index (Phi) is 1.63. The van der Waals surface area contributed by atoms with Gasteiger partial charge in [-0.3, -0.25) is 0 Å². The Labute approximate surface area is 73.0 Å². The van der Waals surface area contributed by atoms with Gasteiger partial charge in [-0.2, -0.15) is 0 Å². The summed E-state index contributed by atoms with van der Waals surface area (Å²) in [6.45, 7) is 0. The van der Waals surface area contributed by atoms with Gasteiger partial charge in [-0.05, 0) is 12.1 Å². The molecule has 5 heteroatoms. The smallest absolute Gasteiger partial charge is 0.449 e. The highest BCUT2D eigenvalue weighted by molar-refractivity contribution is 5.84. The van der Waals surface area contributed by atoms with E-state index in [1.165, 1.54) is 6.20 Å². The van der Waals surface area contributed by atoms with Crippen molar-refractivity contribution in [1.29, 1.82) is 0 Å². The van der Waals surface area contributed by atoms with Crippen LogP contribution >= 0.6 is 0 Å². The van der Waals surface area contributed by atoms with Crippen molar-refractivity contribution >= 4 is 17.2 Å². The number of nitrogens with zero attached hydrogens (tertiary/aromatic N) is 1. The van der Waals surface area contributed by atoms with E-state index >= 15 is 0 Å². The van der Waals surface area contributed by atoms with Crippen molar-refractivity contribution in [1.82, 2.24) is 9.97 Å². The molecule has 0 aromatic carbocycles. The molecule has 0 aliphatic carbocycles. The summed E-state index contributed by atoms with van der Waals surface area (Å²) in [4.78, 5) is 17.0. The van der Waals surface area contributed by atoms with Crippen LogP contribution in [-0.2, 0) is 0 Å². The van der Waals surface area contributed by atoms with Crippen molar-refractivity contribution < 1.29 is 14.6 Å². The van der Waals surface area contributed by atoms with Crippen LogP contribution < -0.4 is 4.74 Å². The number of hydrogen-bond acceptors (Lipinski definition) is 3. The van der Waals surface area contributed by atoms with Crippen LogP contribution in [0.2, 0.25) is 0 Å². The van der Waals surface area contributed by atoms with E-state index in [9.17, 15) is 4.79 Å². The molecule has 2 N–H and O–H groups in total. The van der Waals surface area contributed by atoms with Crippen molar-refractivity contribution in [2.75, 3.05) is 0 Å². The van der Waals surface area contributed by atoms with Crippen molar-refractivity contribution in [3.63, 3.8) is 0 Å². The van der Waals surface area contributed by atoms with Gasteiger partial charge in [0.05, 0.1) is 5.39 Å². The molecule has 0 fully saturated rings. The first-order valence-corrected chi connectivity index (χ1v) is 3.60. The molecule has 0 amide bonds. The number of H-pyrrole nitrogens is 1. The zero-order valence-corrected chi connectivity index (χ0v) is 6.52. The fourth-order valence-electron chi connectivity index (χ4n) is 1.11. The largest absolute Gasteiger partial charge is 0.511 e. The summed E-state index contributed by atoms with van der Waals surface area (Å²) in [7, 11) is 0. The second kappa shape index (κ2) is 2.78. The zero-order valence-electron chi connectivity index (χ0n) is 6.52. The van der Waals surface area contributed by atoms with Crippen LogP contribution in [0.1, 0.15) is 0 Å². The highest BCUT2D eigenvalue weighted by atomic mass is 16.7. The molecule has 0 aliphatic rings. The molecule has 13 heavy (non-hydrogen) atoms. The van der Waals surface area contributed by atoms with E-state index in [0.29, 0.717) is 11.0 Å². The Hall–Kier alpha value is -2.04. The van der Waals surface area contributed by atoms with Gasteiger partial charge in [0, 0.05) is 12.4 Å². The van der Waals surface area contributed by atoms with Gasteiger partial charge >= 0.3 is 6.16 Å². The van der Waals surface area contributed by atoms with E-state index in [0.717, 1.165) is 0 Å². The highest BCUT2D eigenvalue weighted by Crippen LogP contribution is 2.22. The van der Waals surface area contributed by atoms with Gasteiger partial charge in [0.15, 0.2) is 5.75 Å². The highest BCUT2D eigenvalue weighted by Gasteiger charge is 2.07. The van der Waals surface area contributed by atoms with Crippen LogP contribution in [0.5, 0.6) is 5.75 Å². The lowest BCUT2D eigenvalue weighted by atomic mass is 10.3. The predicted octanol–water partition coefficient (Wildman–Crippen LogP) is 1.62. The topological polar surface area (TPSA) is 75.2 Å². The lowest BCUT2D eigenvalue weighted by molar-refractivity contribution is 0.145. The molecule has 2 aromatic heterocycles. The molecule has 0 atom stereocenters. The third kappa shape index (κ3) is 1.31. The summed E-state index contributed by atoms with van der Waals surface area (Å²) in [5.74, 6) is 0.274. The van der Waals surface area contributed by atoms with Crippen molar-refractivity contribution in [3.8, 4) is 5.75 Å². The Balaban J connectivity index is 2.51. The standard InChI is InChI=1S/C8H6N2O3/c11-8(12)13-6-4-10-7-5(6)2-1-3-9-7/h1-4H,(H,9,10)(H,11,12). The number of ether oxygens (including phenoxy) is 1. The van der Waals surface area contributed by atoms with Gasteiger partial charge in [0.25, 0.3) is 0 Å². The molecule has 0 unspecified atom stereocenters. The van der Waals surface area contributed by atoms with Gasteiger partial charge in [-0.1, -0.05) is 0 Å². The molecule has 0 spiro atoms. The van der Waals surface area contributed by atoms with Crippen LogP contribution in [0, 0.1) is 0 Å². The Bertz CT molecular complexity index is 449. The zero-order chi connectivity index (χ0) is 9.26. The average molecular weight is 178 g/mol. The number of pyridine rings is 1. The molecule has 0 saturated heterocycles. The lowest BCUT2D eigenvalue weighted by Gasteiger charge is -1.94. The maximum atomic E-state index is 10.3. The van der Waals surface area contributed by atoms with Gasteiger partial charge < -0.3 is 14.8 Å². The van der Waals surface area contributed by atoms with Crippen molar-refractivity contribution in [2.24, 2.45) is 0 Å². The first-order chi connectivity index (χ1) is 6.27. The normalized spacial score (nSPS) is 10.2. The minimum Gasteiger partial charge on any atom is -0.449 e. The number of aromatic nitrogens is 2. The number of nitrogens with one attached hydrogen (secondary N) is 1. The first kappa shape index (κ1) is 7.60. The number of aromatic amines is 1. The molecule has 5 nitrogen and oxygen atoms in total. The van der Waals surface area contributed by atoms with Gasteiger partial charge in [-0.15, -0.1) is 0 Å². The third-order valence-electron chi connectivity index (χ3n) is 1.61. The molecule has 0 radical (unpaired) electrons. The predicted molar refractivity (Wildman–Crippen MR) is 44.7 cm³/mol. The second-order valence-corrected chi connectivity index (χ2v) is 2.42. The van der Waals surface area contributed by atoms with Gasteiger partial charge in [-0.25, -0.2) is 9.78 Å². The summed E-state index contributed by atoms with van der Waals surface area (Å²) >= 11 is 0. The number of fused-ring (bicyclic) bond motifs is 1. The molecule has 0 saturated carbocycles. The van der Waals surface area contributed by atoms with Crippen LogP contribution in [0.15, 0.2) is 24.5 Å². The monoisotopic (exact) mass is 178 g/mol. The van der Waals surface area contributed by atoms with E-state index < -0.39 is 6.16 Å². The van der Waals surface area contributed by atoms with Crippen molar-refractivity contribution in [2.45, 2.75) is 0 Å². The molecule has 2 rings (SSSR count). The third-order valence-corrected chi connectivity index (χ3v) is 1.61. The number of carbonyl (C=O) groups is 1. The molecular weight excluding hydrogens is 172 g/mol. The molecule has 2 heterocycles. The van der Waals surface area contributed by atoms with Crippen molar-refractivity contribution in [3.05, 3.63) is 24.5 Å². The molecule has 66 valence electrons. The molecule has 2 aromatic rings. The minimum absolute atomic E-state index is 0.274. The second-order valence-electron chi connectivity index (χ2n) is 2.42. The van der Waals surface area contributed by atoms with E-state index in [4.69, 9.17) is 5.11 Å². The maximum absolute atomic E-state index is 10.3. The van der Waals surface area contributed by atoms with Gasteiger partial charge in [0.1, 0.15) is 5.65 Å². The lowest BCUT2D eigenvalue weighted by Crippen LogP contribution is -2.01. The summed E-state index contributed by atoms with van der Waals surface area (Å²) in [6.07, 6.45) is 1.75. The first-order valence-electron chi connectivity index (χ1n) is 3.60. The van der Waals surface area contributed by atoms with Crippen LogP contribution in [0.25, 0.3) is 11.0 Å². The minimum atomic E-state index is -1.33. The van der Waals surface area contributed by atoms with E-state index in [1.54, 1.807) is 18.3 Å². The summed E-state index contributed by atoms with van der Waals surface area (Å²) in [5, 5.41) is 9.05. The summed E-state index contributed by atoms with van der Waals surface area (Å²) in [5.41, 5.74) is 0.610. The Morgan fingerprint density at radius 1 is 1.62 bits per heavy atom. The van der Waals surface area contributed by atoms with E-state index in [1.807, 2.05) is 0 Å². The maximum Gasteiger partial charge on any atom is 0.511 e. The van der Waals surface area contributed by atoms with E-state index in [2.05, 4.69) is 14.7 Å². The molecule has 0 aliphatic heterocycles. The Morgan fingerprint density at radius 3 is 3.23 bits per heavy atom. The Morgan fingerprint density at radius 2 is 2.46 bits per heavy atom. The molecule has 0 bridgehead atoms. The van der Waals surface area contributed by atoms with E-state index in [-0.39, 0.29) is 5.75 Å². The van der Waals surface area contributed by atoms with Gasteiger partial charge in [0.2, 0.25) is 0 Å². The SMILES string of the molecule is O=C(O)Oc1c[nH]c2ncccc12. The number of carboxylic acid groups (broad SMARTS) is 1. The number of rotatable bonds is 1.